The molecule has 0 spiro atoms. The minimum Gasteiger partial charge on any atom is -0.356 e. The lowest BCUT2D eigenvalue weighted by Crippen LogP contribution is -2.38. The molecule has 0 aromatic heterocycles. The number of amides is 1. The molecule has 0 radical (unpaired) electrons. The van der Waals surface area contributed by atoms with E-state index in [0.717, 1.165) is 24.8 Å². The lowest BCUT2D eigenvalue weighted by atomic mass is 9.88. The summed E-state index contributed by atoms with van der Waals surface area (Å²) in [6.07, 6.45) is 4.84. The van der Waals surface area contributed by atoms with Crippen molar-refractivity contribution < 1.29 is 4.79 Å². The van der Waals surface area contributed by atoms with Crippen LogP contribution in [0.4, 0.5) is 0 Å². The van der Waals surface area contributed by atoms with Crippen molar-refractivity contribution in [1.82, 2.24) is 10.6 Å². The molecule has 3 nitrogen and oxygen atoms in total. The smallest absolute Gasteiger partial charge is 0.224 e. The van der Waals surface area contributed by atoms with Gasteiger partial charge < -0.3 is 10.6 Å². The highest BCUT2D eigenvalue weighted by atomic mass is 16.1. The van der Waals surface area contributed by atoms with Gasteiger partial charge in [-0.15, -0.1) is 0 Å². The summed E-state index contributed by atoms with van der Waals surface area (Å²) in [7, 11) is 0. The van der Waals surface area contributed by atoms with Gasteiger partial charge in [-0.1, -0.05) is 6.92 Å². The van der Waals surface area contributed by atoms with Crippen LogP contribution in [0.25, 0.3) is 0 Å². The topological polar surface area (TPSA) is 41.1 Å². The van der Waals surface area contributed by atoms with Gasteiger partial charge in [-0.25, -0.2) is 0 Å². The zero-order chi connectivity index (χ0) is 10.4. The lowest BCUT2D eigenvalue weighted by molar-refractivity contribution is -0.125. The molecule has 5 atom stereocenters. The maximum atomic E-state index is 11.9. The van der Waals surface area contributed by atoms with E-state index in [9.17, 15) is 4.79 Å². The van der Waals surface area contributed by atoms with E-state index in [1.807, 2.05) is 0 Å². The molecule has 2 aliphatic heterocycles. The van der Waals surface area contributed by atoms with Crippen LogP contribution < -0.4 is 10.6 Å². The zero-order valence-electron chi connectivity index (χ0n) is 9.33. The third-order valence-corrected chi connectivity index (χ3v) is 4.45. The first-order valence-electron chi connectivity index (χ1n) is 6.28. The van der Waals surface area contributed by atoms with Gasteiger partial charge in [0.1, 0.15) is 0 Å². The summed E-state index contributed by atoms with van der Waals surface area (Å²) in [6, 6.07) is 1.11. The second-order valence-electron chi connectivity index (χ2n) is 5.61. The molecule has 3 heteroatoms. The van der Waals surface area contributed by atoms with E-state index in [4.69, 9.17) is 0 Å². The fraction of sp³-hybridized carbons (Fsp3) is 0.917. The number of carbonyl (C=O) groups excluding carboxylic acids is 1. The molecule has 0 aromatic carbocycles. The molecular weight excluding hydrogens is 188 g/mol. The van der Waals surface area contributed by atoms with Crippen LogP contribution in [0.2, 0.25) is 0 Å². The molecule has 3 fully saturated rings. The fourth-order valence-corrected chi connectivity index (χ4v) is 3.16. The first-order chi connectivity index (χ1) is 7.24. The number of hydrogen-bond acceptors (Lipinski definition) is 2. The summed E-state index contributed by atoms with van der Waals surface area (Å²) < 4.78 is 0. The minimum atomic E-state index is 0.262. The molecule has 1 amide bonds. The molecule has 0 aromatic rings. The van der Waals surface area contributed by atoms with Crippen LogP contribution in [0.15, 0.2) is 0 Å². The normalized spacial score (nSPS) is 46.9. The van der Waals surface area contributed by atoms with Crippen LogP contribution in [0.1, 0.15) is 32.6 Å². The first-order valence-corrected chi connectivity index (χ1v) is 6.28. The SMILES string of the molecule is CC1CC1CNC(=O)C1CC2CCC1N2. The van der Waals surface area contributed by atoms with Crippen molar-refractivity contribution in [3.05, 3.63) is 0 Å². The summed E-state index contributed by atoms with van der Waals surface area (Å²) >= 11 is 0. The van der Waals surface area contributed by atoms with E-state index >= 15 is 0 Å². The van der Waals surface area contributed by atoms with Crippen molar-refractivity contribution in [3.63, 3.8) is 0 Å². The van der Waals surface area contributed by atoms with E-state index in [2.05, 4.69) is 17.6 Å². The Labute approximate surface area is 91.0 Å². The third kappa shape index (κ3) is 1.78. The average molecular weight is 208 g/mol. The van der Waals surface area contributed by atoms with Crippen molar-refractivity contribution in [2.75, 3.05) is 6.54 Å². The summed E-state index contributed by atoms with van der Waals surface area (Å²) in [5, 5.41) is 6.63. The Morgan fingerprint density at radius 1 is 1.40 bits per heavy atom. The molecule has 84 valence electrons. The molecule has 2 N–H and O–H groups in total. The van der Waals surface area contributed by atoms with Crippen molar-refractivity contribution in [3.8, 4) is 0 Å². The zero-order valence-corrected chi connectivity index (χ0v) is 9.33. The molecule has 15 heavy (non-hydrogen) atoms. The fourth-order valence-electron chi connectivity index (χ4n) is 3.16. The maximum absolute atomic E-state index is 11.9. The van der Waals surface area contributed by atoms with Crippen molar-refractivity contribution >= 4 is 5.91 Å². The number of hydrogen-bond donors (Lipinski definition) is 2. The second kappa shape index (κ2) is 3.48. The Balaban J connectivity index is 1.48. The Hall–Kier alpha value is -0.570. The Bertz CT molecular complexity index is 279. The largest absolute Gasteiger partial charge is 0.356 e. The maximum Gasteiger partial charge on any atom is 0.224 e. The Kier molecular flexibility index (Phi) is 2.23. The van der Waals surface area contributed by atoms with Crippen LogP contribution in [0, 0.1) is 17.8 Å². The highest BCUT2D eigenvalue weighted by Crippen LogP contribution is 2.37. The number of fused-ring (bicyclic) bond motifs is 2. The van der Waals surface area contributed by atoms with Gasteiger partial charge in [-0.3, -0.25) is 4.79 Å². The van der Waals surface area contributed by atoms with E-state index in [0.29, 0.717) is 18.0 Å². The first kappa shape index (κ1) is 9.64. The highest BCUT2D eigenvalue weighted by Gasteiger charge is 2.43. The molecule has 2 heterocycles. The quantitative estimate of drug-likeness (QED) is 0.723. The average Bonchev–Trinajstić information content (AvgIpc) is 2.70. The minimum absolute atomic E-state index is 0.262. The lowest BCUT2D eigenvalue weighted by Gasteiger charge is -2.19. The van der Waals surface area contributed by atoms with Crippen LogP contribution >= 0.6 is 0 Å². The highest BCUT2D eigenvalue weighted by molar-refractivity contribution is 5.80. The van der Waals surface area contributed by atoms with Gasteiger partial charge in [0.25, 0.3) is 0 Å². The molecule has 3 rings (SSSR count). The van der Waals surface area contributed by atoms with Crippen LogP contribution in [0.3, 0.4) is 0 Å². The third-order valence-electron chi connectivity index (χ3n) is 4.45. The Morgan fingerprint density at radius 3 is 2.73 bits per heavy atom. The molecule has 2 bridgehead atoms. The summed E-state index contributed by atoms with van der Waals surface area (Å²) in [5.41, 5.74) is 0. The summed E-state index contributed by atoms with van der Waals surface area (Å²) in [5.74, 6) is 2.16. The van der Waals surface area contributed by atoms with Gasteiger partial charge in [-0.2, -0.15) is 0 Å². The number of carbonyl (C=O) groups is 1. The number of rotatable bonds is 3. The van der Waals surface area contributed by atoms with Crippen LogP contribution in [-0.4, -0.2) is 24.5 Å². The van der Waals surface area contributed by atoms with E-state index in [1.54, 1.807) is 0 Å². The predicted molar refractivity (Wildman–Crippen MR) is 58.3 cm³/mol. The van der Waals surface area contributed by atoms with Gasteiger partial charge in [0.15, 0.2) is 0 Å². The monoisotopic (exact) mass is 208 g/mol. The van der Waals surface area contributed by atoms with Crippen molar-refractivity contribution in [2.45, 2.75) is 44.7 Å². The molecular formula is C12H20N2O. The van der Waals surface area contributed by atoms with Gasteiger partial charge in [0, 0.05) is 18.6 Å². The molecule has 1 saturated carbocycles. The van der Waals surface area contributed by atoms with Crippen LogP contribution in [-0.2, 0) is 4.79 Å². The molecule has 5 unspecified atom stereocenters. The molecule has 2 saturated heterocycles. The van der Waals surface area contributed by atoms with Gasteiger partial charge in [0.2, 0.25) is 5.91 Å². The van der Waals surface area contributed by atoms with E-state index < -0.39 is 0 Å². The summed E-state index contributed by atoms with van der Waals surface area (Å²) in [4.78, 5) is 11.9. The van der Waals surface area contributed by atoms with E-state index in [1.165, 1.54) is 19.3 Å². The number of nitrogens with one attached hydrogen (secondary N) is 2. The van der Waals surface area contributed by atoms with Crippen LogP contribution in [0.5, 0.6) is 0 Å². The van der Waals surface area contributed by atoms with Gasteiger partial charge in [-0.05, 0) is 37.5 Å². The standard InChI is InChI=1S/C12H20N2O/c1-7-4-8(7)6-13-12(15)10-5-9-2-3-11(10)14-9/h7-11,14H,2-6H2,1H3,(H,13,15). The van der Waals surface area contributed by atoms with Crippen molar-refractivity contribution in [1.29, 1.82) is 0 Å². The van der Waals surface area contributed by atoms with Gasteiger partial charge >= 0.3 is 0 Å². The molecule has 3 aliphatic rings. The predicted octanol–water partition coefficient (Wildman–Crippen LogP) is 0.899. The Morgan fingerprint density at radius 2 is 2.20 bits per heavy atom. The molecule has 1 aliphatic carbocycles. The van der Waals surface area contributed by atoms with Crippen molar-refractivity contribution in [2.24, 2.45) is 17.8 Å². The van der Waals surface area contributed by atoms with Gasteiger partial charge in [0.05, 0.1) is 5.92 Å². The summed E-state index contributed by atoms with van der Waals surface area (Å²) in [6.45, 7) is 3.17. The second-order valence-corrected chi connectivity index (χ2v) is 5.61. The van der Waals surface area contributed by atoms with E-state index in [-0.39, 0.29) is 5.92 Å².